The Morgan fingerprint density at radius 3 is 2.38 bits per heavy atom. The van der Waals surface area contributed by atoms with Crippen molar-refractivity contribution in [1.82, 2.24) is 0 Å². The lowest BCUT2D eigenvalue weighted by Gasteiger charge is -2.38. The molecule has 1 aliphatic carbocycles. The molecule has 1 rings (SSSR count). The summed E-state index contributed by atoms with van der Waals surface area (Å²) < 4.78 is 11.5. The molecular weight excluding hydrogens is 268 g/mol. The smallest absolute Gasteiger partial charge is 0.0780 e. The van der Waals surface area contributed by atoms with E-state index in [0.29, 0.717) is 12.7 Å². The molecule has 2 nitrogen and oxygen atoms in total. The number of halogens is 1. The monoisotopic (exact) mass is 292 g/mol. The van der Waals surface area contributed by atoms with Gasteiger partial charge in [-0.05, 0) is 45.4 Å². The molecule has 0 saturated heterocycles. The summed E-state index contributed by atoms with van der Waals surface area (Å²) in [5.74, 6) is 0.864. The fourth-order valence-corrected chi connectivity index (χ4v) is 2.87. The van der Waals surface area contributed by atoms with E-state index in [-0.39, 0.29) is 5.60 Å². The lowest BCUT2D eigenvalue weighted by atomic mass is 9.80. The molecule has 0 aromatic heterocycles. The summed E-state index contributed by atoms with van der Waals surface area (Å²) in [6, 6.07) is 0. The average Bonchev–Trinajstić information content (AvgIpc) is 2.27. The van der Waals surface area contributed by atoms with Crippen molar-refractivity contribution in [3.8, 4) is 0 Å². The van der Waals surface area contributed by atoms with Crippen molar-refractivity contribution in [1.29, 1.82) is 0 Å². The molecule has 0 aliphatic heterocycles. The standard InChI is InChI=1S/C13H25BrO2/c1-11(2)15-8-9-16-13(10-14)6-4-12(3)5-7-13/h11-12H,4-10H2,1-3H3. The van der Waals surface area contributed by atoms with Crippen LogP contribution in [0.4, 0.5) is 0 Å². The van der Waals surface area contributed by atoms with Gasteiger partial charge in [0.15, 0.2) is 0 Å². The van der Waals surface area contributed by atoms with Gasteiger partial charge >= 0.3 is 0 Å². The SMILES string of the molecule is CC1CCC(CBr)(OCCOC(C)C)CC1. The van der Waals surface area contributed by atoms with Gasteiger partial charge in [-0.15, -0.1) is 0 Å². The number of rotatable bonds is 6. The Labute approximate surface area is 108 Å². The van der Waals surface area contributed by atoms with Crippen LogP contribution in [-0.4, -0.2) is 30.2 Å². The maximum Gasteiger partial charge on any atom is 0.0780 e. The Morgan fingerprint density at radius 1 is 1.25 bits per heavy atom. The van der Waals surface area contributed by atoms with Crippen LogP contribution in [0.15, 0.2) is 0 Å². The van der Waals surface area contributed by atoms with Crippen LogP contribution in [0.3, 0.4) is 0 Å². The topological polar surface area (TPSA) is 18.5 Å². The third kappa shape index (κ3) is 4.72. The predicted molar refractivity (Wildman–Crippen MR) is 71.2 cm³/mol. The maximum atomic E-state index is 6.05. The Bertz CT molecular complexity index is 186. The third-order valence-corrected chi connectivity index (χ3v) is 4.39. The van der Waals surface area contributed by atoms with Gasteiger partial charge in [0, 0.05) is 5.33 Å². The lowest BCUT2D eigenvalue weighted by Crippen LogP contribution is -2.39. The summed E-state index contributed by atoms with van der Waals surface area (Å²) in [5.41, 5.74) is 0.0762. The Hall–Kier alpha value is 0.400. The molecule has 0 aromatic rings. The van der Waals surface area contributed by atoms with E-state index in [1.807, 2.05) is 0 Å². The normalized spacial score (nSPS) is 30.9. The first-order chi connectivity index (χ1) is 7.58. The van der Waals surface area contributed by atoms with Crippen molar-refractivity contribution < 1.29 is 9.47 Å². The zero-order valence-electron chi connectivity index (χ0n) is 10.8. The first-order valence-corrected chi connectivity index (χ1v) is 7.52. The van der Waals surface area contributed by atoms with Crippen molar-refractivity contribution in [2.24, 2.45) is 5.92 Å². The van der Waals surface area contributed by atoms with Crippen molar-refractivity contribution in [3.63, 3.8) is 0 Å². The van der Waals surface area contributed by atoms with Crippen LogP contribution in [0.1, 0.15) is 46.5 Å². The molecule has 3 heteroatoms. The quantitative estimate of drug-likeness (QED) is 0.548. The van der Waals surface area contributed by atoms with Gasteiger partial charge in [-0.2, -0.15) is 0 Å². The van der Waals surface area contributed by atoms with E-state index in [0.717, 1.165) is 17.9 Å². The number of hydrogen-bond donors (Lipinski definition) is 0. The van der Waals surface area contributed by atoms with E-state index in [4.69, 9.17) is 9.47 Å². The highest BCUT2D eigenvalue weighted by Gasteiger charge is 2.33. The minimum atomic E-state index is 0.0762. The van der Waals surface area contributed by atoms with E-state index in [1.54, 1.807) is 0 Å². The second kappa shape index (κ2) is 6.97. The van der Waals surface area contributed by atoms with Crippen molar-refractivity contribution in [2.45, 2.75) is 58.2 Å². The highest BCUT2D eigenvalue weighted by atomic mass is 79.9. The molecule has 0 radical (unpaired) electrons. The van der Waals surface area contributed by atoms with Gasteiger partial charge in [-0.1, -0.05) is 22.9 Å². The molecule has 16 heavy (non-hydrogen) atoms. The van der Waals surface area contributed by atoms with Crippen LogP contribution in [-0.2, 0) is 9.47 Å². The van der Waals surface area contributed by atoms with Crippen LogP contribution >= 0.6 is 15.9 Å². The summed E-state index contributed by atoms with van der Waals surface area (Å²) >= 11 is 3.60. The second-order valence-electron chi connectivity index (χ2n) is 5.27. The van der Waals surface area contributed by atoms with Crippen LogP contribution in [0.5, 0.6) is 0 Å². The van der Waals surface area contributed by atoms with E-state index in [2.05, 4.69) is 36.7 Å². The van der Waals surface area contributed by atoms with Gasteiger partial charge in [0.05, 0.1) is 24.9 Å². The Morgan fingerprint density at radius 2 is 1.88 bits per heavy atom. The van der Waals surface area contributed by atoms with E-state index < -0.39 is 0 Å². The zero-order valence-corrected chi connectivity index (χ0v) is 12.4. The van der Waals surface area contributed by atoms with Gasteiger partial charge in [0.2, 0.25) is 0 Å². The molecule has 1 aliphatic rings. The minimum absolute atomic E-state index is 0.0762. The molecular formula is C13H25BrO2. The van der Waals surface area contributed by atoms with Crippen LogP contribution < -0.4 is 0 Å². The molecule has 96 valence electrons. The molecule has 1 saturated carbocycles. The summed E-state index contributed by atoms with van der Waals surface area (Å²) in [7, 11) is 0. The molecule has 0 unspecified atom stereocenters. The molecule has 0 N–H and O–H groups in total. The zero-order chi connectivity index (χ0) is 12.0. The fourth-order valence-electron chi connectivity index (χ4n) is 2.15. The summed E-state index contributed by atoms with van der Waals surface area (Å²) in [4.78, 5) is 0. The Kier molecular flexibility index (Phi) is 6.30. The van der Waals surface area contributed by atoms with E-state index in [1.165, 1.54) is 25.7 Å². The van der Waals surface area contributed by atoms with Crippen molar-refractivity contribution in [2.75, 3.05) is 18.5 Å². The number of alkyl halides is 1. The molecule has 0 atom stereocenters. The molecule has 0 aromatic carbocycles. The van der Waals surface area contributed by atoms with Crippen LogP contribution in [0.2, 0.25) is 0 Å². The first-order valence-electron chi connectivity index (χ1n) is 6.39. The van der Waals surface area contributed by atoms with Gasteiger partial charge in [0.1, 0.15) is 0 Å². The predicted octanol–water partition coefficient (Wildman–Crippen LogP) is 3.77. The molecule has 0 heterocycles. The Balaban J connectivity index is 2.25. The fraction of sp³-hybridized carbons (Fsp3) is 1.00. The molecule has 0 amide bonds. The van der Waals surface area contributed by atoms with Gasteiger partial charge in [0.25, 0.3) is 0 Å². The molecule has 1 fully saturated rings. The summed E-state index contributed by atoms with van der Waals surface area (Å²) in [6.45, 7) is 7.88. The van der Waals surface area contributed by atoms with Gasteiger partial charge in [-0.3, -0.25) is 0 Å². The molecule has 0 spiro atoms. The summed E-state index contributed by atoms with van der Waals surface area (Å²) in [6.07, 6.45) is 5.24. The maximum absolute atomic E-state index is 6.05. The third-order valence-electron chi connectivity index (χ3n) is 3.37. The van der Waals surface area contributed by atoms with E-state index >= 15 is 0 Å². The van der Waals surface area contributed by atoms with Gasteiger partial charge in [-0.25, -0.2) is 0 Å². The minimum Gasteiger partial charge on any atom is -0.376 e. The number of hydrogen-bond acceptors (Lipinski definition) is 2. The molecule has 0 bridgehead atoms. The van der Waals surface area contributed by atoms with Gasteiger partial charge < -0.3 is 9.47 Å². The van der Waals surface area contributed by atoms with Crippen molar-refractivity contribution in [3.05, 3.63) is 0 Å². The van der Waals surface area contributed by atoms with Crippen LogP contribution in [0.25, 0.3) is 0 Å². The summed E-state index contributed by atoms with van der Waals surface area (Å²) in [5, 5.41) is 0.953. The average molecular weight is 293 g/mol. The van der Waals surface area contributed by atoms with Crippen LogP contribution in [0, 0.1) is 5.92 Å². The largest absolute Gasteiger partial charge is 0.376 e. The number of ether oxygens (including phenoxy) is 2. The highest BCUT2D eigenvalue weighted by molar-refractivity contribution is 9.09. The van der Waals surface area contributed by atoms with E-state index in [9.17, 15) is 0 Å². The second-order valence-corrected chi connectivity index (χ2v) is 5.83. The van der Waals surface area contributed by atoms with Crippen molar-refractivity contribution >= 4 is 15.9 Å². The lowest BCUT2D eigenvalue weighted by molar-refractivity contribution is -0.0835. The highest BCUT2D eigenvalue weighted by Crippen LogP contribution is 2.35. The first kappa shape index (κ1) is 14.5.